The van der Waals surface area contributed by atoms with Gasteiger partial charge in [0.15, 0.2) is 7.21 Å². The average molecular weight is 727 g/mol. The van der Waals surface area contributed by atoms with Gasteiger partial charge in [-0.25, -0.2) is 11.8 Å². The summed E-state index contributed by atoms with van der Waals surface area (Å²) in [5, 5.41) is 0. The Morgan fingerprint density at radius 1 is 0.432 bits per heavy atom. The molecule has 3 nitrogen and oxygen atoms in total. The molecule has 0 saturated heterocycles. The molecule has 0 bridgehead atoms. The van der Waals surface area contributed by atoms with Crippen LogP contribution in [0, 0.1) is 72.1 Å². The summed E-state index contributed by atoms with van der Waals surface area (Å²) in [6.07, 6.45) is 13.0. The van der Waals surface area contributed by atoms with Gasteiger partial charge in [-0.2, -0.15) is 155 Å². The van der Waals surface area contributed by atoms with E-state index < -0.39 is 22.9 Å². The summed E-state index contributed by atoms with van der Waals surface area (Å²) in [6.45, 7) is 0. The van der Waals surface area contributed by atoms with Gasteiger partial charge in [0.25, 0.3) is 0 Å². The van der Waals surface area contributed by atoms with Crippen molar-refractivity contribution < 1.29 is 50.9 Å². The van der Waals surface area contributed by atoms with E-state index in [4.69, 9.17) is 12.8 Å². The Hall–Kier alpha value is -3.43. The van der Waals surface area contributed by atoms with Crippen LogP contribution in [0.25, 0.3) is 0 Å². The van der Waals surface area contributed by atoms with Crippen LogP contribution in [0.1, 0.15) is 0 Å². The number of halogens is 4. The molecular formula is C32H20F4Fe2N3P3. The van der Waals surface area contributed by atoms with Gasteiger partial charge >= 0.3 is 49.8 Å². The molecule has 1 aliphatic rings. The Bertz CT molecular complexity index is 1400. The molecule has 0 saturated carbocycles. The maximum Gasteiger partial charge on any atom is 3.00 e. The van der Waals surface area contributed by atoms with Crippen LogP contribution >= 0.6 is 22.9 Å². The molecule has 2 radical (unpaired) electrons. The van der Waals surface area contributed by atoms with Crippen molar-refractivity contribution in [1.82, 2.24) is 0 Å². The minimum atomic E-state index is -5.54. The van der Waals surface area contributed by atoms with Crippen LogP contribution in [-0.4, -0.2) is 0 Å². The molecule has 5 rings (SSSR count). The van der Waals surface area contributed by atoms with Gasteiger partial charge in [-0.3, -0.25) is 11.8 Å². The Morgan fingerprint density at radius 2 is 0.705 bits per heavy atom. The van der Waals surface area contributed by atoms with Gasteiger partial charge in [-0.1, -0.05) is 0 Å². The van der Waals surface area contributed by atoms with Crippen molar-refractivity contribution >= 4 is 22.9 Å². The van der Waals surface area contributed by atoms with E-state index in [1.165, 1.54) is 11.8 Å². The van der Waals surface area contributed by atoms with Crippen molar-refractivity contribution in [3.8, 4) is 35.0 Å². The van der Waals surface area contributed by atoms with Gasteiger partial charge in [0, 0.05) is 0 Å². The van der Waals surface area contributed by atoms with Crippen molar-refractivity contribution in [3.05, 3.63) is 158 Å². The van der Waals surface area contributed by atoms with Gasteiger partial charge in [0.05, 0.1) is 0 Å². The van der Waals surface area contributed by atoms with E-state index in [1.807, 2.05) is 149 Å². The van der Waals surface area contributed by atoms with Gasteiger partial charge < -0.3 is 12.8 Å². The molecule has 0 fully saturated rings. The molecule has 4 aromatic carbocycles. The summed E-state index contributed by atoms with van der Waals surface area (Å²) in [6, 6.07) is 50.0. The van der Waals surface area contributed by atoms with Crippen LogP contribution in [-0.2, 0) is 34.1 Å². The Kier molecular flexibility index (Phi) is 25.2. The molecule has 44 heavy (non-hydrogen) atoms. The summed E-state index contributed by atoms with van der Waals surface area (Å²) in [5.74, 6) is 6.69. The zero-order valence-electron chi connectivity index (χ0n) is 22.4. The summed E-state index contributed by atoms with van der Waals surface area (Å²) in [4.78, 5) is 0. The van der Waals surface area contributed by atoms with Crippen molar-refractivity contribution in [1.29, 1.82) is 0 Å². The molecule has 0 aromatic heterocycles. The van der Waals surface area contributed by atoms with Crippen LogP contribution in [0.5, 0.6) is 0 Å². The van der Waals surface area contributed by atoms with Gasteiger partial charge in [0.2, 0.25) is 0 Å². The predicted octanol–water partition coefficient (Wildman–Crippen LogP) is 10.9. The fourth-order valence-electron chi connectivity index (χ4n) is 2.19. The Morgan fingerprint density at radius 3 is 0.886 bits per heavy atom. The number of rotatable bonds is 0. The van der Waals surface area contributed by atoms with Crippen LogP contribution in [0.15, 0.2) is 135 Å². The predicted molar refractivity (Wildman–Crippen MR) is 163 cm³/mol. The summed E-state index contributed by atoms with van der Waals surface area (Å²) in [7, 11) is -15.1. The quantitative estimate of drug-likeness (QED) is 0.0569. The third kappa shape index (κ3) is 23.1. The van der Waals surface area contributed by atoms with E-state index in [0.717, 1.165) is 0 Å². The van der Waals surface area contributed by atoms with Crippen LogP contribution < -0.4 is 0 Å². The maximum atomic E-state index is 13.1. The molecule has 4 aromatic rings. The fourth-order valence-corrected chi connectivity index (χ4v) is 8.31. The zero-order chi connectivity index (χ0) is 30.8. The number of benzene rings is 4. The Labute approximate surface area is 279 Å². The smallest absolute Gasteiger partial charge is 0.358 e. The van der Waals surface area contributed by atoms with E-state index in [9.17, 15) is 16.8 Å². The Balaban J connectivity index is 0. The van der Waals surface area contributed by atoms with Crippen LogP contribution in [0.2, 0.25) is 0 Å². The second kappa shape index (κ2) is 26.0. The number of hydrogen-bond acceptors (Lipinski definition) is 3. The zero-order valence-corrected chi connectivity index (χ0v) is 27.3. The first-order valence-electron chi connectivity index (χ1n) is 11.5. The van der Waals surface area contributed by atoms with E-state index in [-0.39, 0.29) is 34.1 Å². The first-order valence-corrected chi connectivity index (χ1v) is 16.1. The van der Waals surface area contributed by atoms with E-state index in [2.05, 4.69) is 33.3 Å². The topological polar surface area (TPSA) is 37.1 Å². The number of hydrogen-bond donors (Lipinski definition) is 0. The minimum Gasteiger partial charge on any atom is -0.358 e. The third-order valence-electron chi connectivity index (χ3n) is 3.67. The molecule has 0 unspecified atom stereocenters. The molecule has 0 atom stereocenters. The second-order valence-electron chi connectivity index (χ2n) is 6.81. The van der Waals surface area contributed by atoms with Crippen LogP contribution in [0.3, 0.4) is 0 Å². The minimum absolute atomic E-state index is 0. The van der Waals surface area contributed by atoms with Gasteiger partial charge in [-0.05, 0) is 0 Å². The van der Waals surface area contributed by atoms with Crippen molar-refractivity contribution in [2.24, 2.45) is 13.5 Å². The molecule has 0 amide bonds. The average Bonchev–Trinajstić information content (AvgIpc) is 3.02. The normalized spacial score (nSPS) is 12.9. The molecule has 222 valence electrons. The van der Waals surface area contributed by atoms with E-state index in [1.54, 1.807) is 0 Å². The molecule has 0 aliphatic carbocycles. The van der Waals surface area contributed by atoms with Crippen molar-refractivity contribution in [2.75, 3.05) is 0 Å². The SMILES string of the molecule is [C-]#CC#CP1(C#CC#[C-])=NP(F)(F)=NP(F)(F)=N1.[Fe+3].[Fe+3].[c-]1ccccc1.[c-]1ccccc1.[c-]1ccccc1.[c-]1ccccc1. The largest absolute Gasteiger partial charge is 3.00 e. The first kappa shape index (κ1) is 42.7. The second-order valence-corrected chi connectivity index (χ2v) is 12.4. The monoisotopic (exact) mass is 727 g/mol. The number of nitrogens with zero attached hydrogens (tertiary/aromatic N) is 3. The van der Waals surface area contributed by atoms with Gasteiger partial charge in [0.1, 0.15) is 0 Å². The van der Waals surface area contributed by atoms with E-state index in [0.29, 0.717) is 0 Å². The van der Waals surface area contributed by atoms with Crippen molar-refractivity contribution in [2.45, 2.75) is 0 Å². The standard InChI is InChI=1S/C8F4N3P3.4C6H5.2Fe/c1-3-5-7-16(8-6-4-2)13-17(9,10)15-18(11,12)14-16;4*1-2-4-6-5-3-1;;/h;4*1-5H;;/q-2;4*-1;2*+3. The van der Waals surface area contributed by atoms with Crippen molar-refractivity contribution in [3.63, 3.8) is 0 Å². The van der Waals surface area contributed by atoms with Crippen LogP contribution in [0.4, 0.5) is 16.8 Å². The molecule has 0 spiro atoms. The molecule has 1 aliphatic heterocycles. The maximum absolute atomic E-state index is 13.1. The summed E-state index contributed by atoms with van der Waals surface area (Å²) in [5.41, 5.74) is 3.80. The molecular weight excluding hydrogens is 707 g/mol. The third-order valence-corrected chi connectivity index (χ3v) is 10.0. The molecule has 0 N–H and O–H groups in total. The van der Waals surface area contributed by atoms with E-state index >= 15 is 0 Å². The first-order chi connectivity index (χ1) is 20.2. The fraction of sp³-hybridized carbons (Fsp3) is 0. The molecule has 1 heterocycles. The summed E-state index contributed by atoms with van der Waals surface area (Å²) < 4.78 is 60.0. The van der Waals surface area contributed by atoms with Gasteiger partial charge in [-0.15, -0.1) is 32.6 Å². The molecule has 12 heteroatoms. The summed E-state index contributed by atoms with van der Waals surface area (Å²) >= 11 is 0.